The van der Waals surface area contributed by atoms with E-state index in [1.807, 2.05) is 85.4 Å². The largest absolute Gasteiger partial charge is 0.352 e. The van der Waals surface area contributed by atoms with E-state index in [4.69, 9.17) is 10.8 Å². The van der Waals surface area contributed by atoms with Gasteiger partial charge < -0.3 is 16.4 Å². The number of carbonyl (C=O) groups excluding carboxylic acids is 2. The minimum atomic E-state index is -0.718. The minimum absolute atomic E-state index is 0.0908. The van der Waals surface area contributed by atoms with Gasteiger partial charge in [-0.05, 0) is 11.5 Å². The molecule has 4 N–H and O–H groups in total. The van der Waals surface area contributed by atoms with E-state index in [9.17, 15) is 9.59 Å². The van der Waals surface area contributed by atoms with Crippen molar-refractivity contribution < 1.29 is 9.59 Å². The summed E-state index contributed by atoms with van der Waals surface area (Å²) in [7, 11) is 0. The second-order valence-electron chi connectivity index (χ2n) is 7.50. The van der Waals surface area contributed by atoms with E-state index in [0.717, 1.165) is 22.4 Å². The Hall–Kier alpha value is -3.61. The van der Waals surface area contributed by atoms with Gasteiger partial charge in [-0.1, -0.05) is 74.5 Å². The van der Waals surface area contributed by atoms with Gasteiger partial charge in [0.05, 0.1) is 12.2 Å². The summed E-state index contributed by atoms with van der Waals surface area (Å²) in [6.07, 6.45) is 1.95. The molecule has 3 rings (SSSR count). The van der Waals surface area contributed by atoms with Crippen molar-refractivity contribution in [2.75, 3.05) is 0 Å². The second-order valence-corrected chi connectivity index (χ2v) is 7.50. The quantitative estimate of drug-likeness (QED) is 0.537. The number of rotatable bonds is 8. The Labute approximate surface area is 176 Å². The monoisotopic (exact) mass is 405 g/mol. The molecule has 7 heteroatoms. The van der Waals surface area contributed by atoms with Gasteiger partial charge >= 0.3 is 6.03 Å². The van der Waals surface area contributed by atoms with Crippen LogP contribution in [-0.2, 0) is 17.9 Å². The van der Waals surface area contributed by atoms with Crippen LogP contribution >= 0.6 is 0 Å². The number of hydrogen-bond donors (Lipinski definition) is 3. The first-order chi connectivity index (χ1) is 14.4. The lowest BCUT2D eigenvalue weighted by atomic mass is 10.0. The van der Waals surface area contributed by atoms with Crippen LogP contribution in [0, 0.1) is 5.92 Å². The highest BCUT2D eigenvalue weighted by Gasteiger charge is 2.23. The second kappa shape index (κ2) is 9.73. The highest BCUT2D eigenvalue weighted by atomic mass is 16.2. The smallest absolute Gasteiger partial charge is 0.312 e. The Balaban J connectivity index is 1.81. The standard InChI is InChI=1S/C23H27N5O2/c1-16(2)20(26-23(24)30)22(29)25-13-19-15-28(14-17-9-5-3-6-10-17)27-21(19)18-11-7-4-8-12-18/h3-12,15-16,20H,13-14H2,1-2H3,(H,25,29)(H3,24,26,30)/t20-/m1/s1. The number of nitrogens with one attached hydrogen (secondary N) is 2. The molecule has 0 bridgehead atoms. The average molecular weight is 406 g/mol. The third kappa shape index (κ3) is 5.47. The number of benzene rings is 2. The first kappa shape index (κ1) is 21.1. The van der Waals surface area contributed by atoms with Crippen molar-refractivity contribution in [2.24, 2.45) is 11.7 Å². The minimum Gasteiger partial charge on any atom is -0.352 e. The van der Waals surface area contributed by atoms with Crippen molar-refractivity contribution in [1.82, 2.24) is 20.4 Å². The van der Waals surface area contributed by atoms with Crippen LogP contribution in [0.2, 0.25) is 0 Å². The highest BCUT2D eigenvalue weighted by Crippen LogP contribution is 2.22. The molecule has 0 unspecified atom stereocenters. The van der Waals surface area contributed by atoms with Crippen LogP contribution in [0.3, 0.4) is 0 Å². The van der Waals surface area contributed by atoms with Crippen molar-refractivity contribution in [2.45, 2.75) is 33.0 Å². The Morgan fingerprint density at radius 2 is 1.67 bits per heavy atom. The topological polar surface area (TPSA) is 102 Å². The van der Waals surface area contributed by atoms with Crippen LogP contribution in [0.1, 0.15) is 25.0 Å². The van der Waals surface area contributed by atoms with Crippen LogP contribution in [0.4, 0.5) is 4.79 Å². The lowest BCUT2D eigenvalue weighted by Gasteiger charge is -2.20. The summed E-state index contributed by atoms with van der Waals surface area (Å²) in [6.45, 7) is 4.63. The summed E-state index contributed by atoms with van der Waals surface area (Å²) in [5.74, 6) is -0.370. The van der Waals surface area contributed by atoms with Crippen LogP contribution in [0.15, 0.2) is 66.9 Å². The normalized spacial score (nSPS) is 11.8. The van der Waals surface area contributed by atoms with Gasteiger partial charge in [-0.15, -0.1) is 0 Å². The third-order valence-electron chi connectivity index (χ3n) is 4.77. The Kier molecular flexibility index (Phi) is 6.85. The summed E-state index contributed by atoms with van der Waals surface area (Å²) in [5.41, 5.74) is 9.04. The molecule has 30 heavy (non-hydrogen) atoms. The Bertz CT molecular complexity index is 983. The molecule has 2 aromatic carbocycles. The van der Waals surface area contributed by atoms with Crippen molar-refractivity contribution in [3.05, 3.63) is 78.0 Å². The van der Waals surface area contributed by atoms with Gasteiger partial charge in [0.15, 0.2) is 0 Å². The molecule has 0 saturated heterocycles. The van der Waals surface area contributed by atoms with Crippen LogP contribution in [0.5, 0.6) is 0 Å². The number of amides is 3. The van der Waals surface area contributed by atoms with E-state index in [1.165, 1.54) is 0 Å². The predicted octanol–water partition coefficient (Wildman–Crippen LogP) is 2.91. The number of aromatic nitrogens is 2. The number of carbonyl (C=O) groups is 2. The molecular weight excluding hydrogens is 378 g/mol. The molecule has 7 nitrogen and oxygen atoms in total. The van der Waals surface area contributed by atoms with Gasteiger partial charge in [-0.2, -0.15) is 5.10 Å². The summed E-state index contributed by atoms with van der Waals surface area (Å²) < 4.78 is 1.88. The maximum Gasteiger partial charge on any atom is 0.312 e. The maximum atomic E-state index is 12.6. The summed E-state index contributed by atoms with van der Waals surface area (Å²) >= 11 is 0. The molecule has 0 aliphatic rings. The molecule has 0 saturated carbocycles. The molecular formula is C23H27N5O2. The van der Waals surface area contributed by atoms with E-state index in [-0.39, 0.29) is 11.8 Å². The van der Waals surface area contributed by atoms with Crippen molar-refractivity contribution in [3.63, 3.8) is 0 Å². The molecule has 0 aliphatic heterocycles. The molecule has 0 aliphatic carbocycles. The molecule has 0 spiro atoms. The number of nitrogens with zero attached hydrogens (tertiary/aromatic N) is 2. The van der Waals surface area contributed by atoms with Crippen LogP contribution < -0.4 is 16.4 Å². The van der Waals surface area contributed by atoms with E-state index in [0.29, 0.717) is 13.1 Å². The fourth-order valence-corrected chi connectivity index (χ4v) is 3.26. The summed E-state index contributed by atoms with van der Waals surface area (Å²) in [4.78, 5) is 23.9. The zero-order chi connectivity index (χ0) is 21.5. The number of nitrogens with two attached hydrogens (primary N) is 1. The molecule has 3 aromatic rings. The lowest BCUT2D eigenvalue weighted by Crippen LogP contribution is -2.51. The highest BCUT2D eigenvalue weighted by molar-refractivity contribution is 5.86. The van der Waals surface area contributed by atoms with Gasteiger partial charge in [-0.3, -0.25) is 9.48 Å². The first-order valence-corrected chi connectivity index (χ1v) is 9.93. The third-order valence-corrected chi connectivity index (χ3v) is 4.77. The molecule has 1 atom stereocenters. The van der Waals surface area contributed by atoms with Gasteiger partial charge in [0, 0.05) is 23.9 Å². The fourth-order valence-electron chi connectivity index (χ4n) is 3.26. The zero-order valence-corrected chi connectivity index (χ0v) is 17.2. The van der Waals surface area contributed by atoms with Crippen LogP contribution in [0.25, 0.3) is 11.3 Å². The van der Waals surface area contributed by atoms with Gasteiger partial charge in [0.2, 0.25) is 5.91 Å². The summed E-state index contributed by atoms with van der Waals surface area (Å²) in [6, 6.07) is 18.5. The maximum absolute atomic E-state index is 12.6. The van der Waals surface area contributed by atoms with Crippen molar-refractivity contribution in [1.29, 1.82) is 0 Å². The summed E-state index contributed by atoms with van der Waals surface area (Å²) in [5, 5.41) is 10.2. The van der Waals surface area contributed by atoms with E-state index in [2.05, 4.69) is 10.6 Å². The van der Waals surface area contributed by atoms with E-state index in [1.54, 1.807) is 0 Å². The van der Waals surface area contributed by atoms with E-state index < -0.39 is 12.1 Å². The molecule has 1 aromatic heterocycles. The van der Waals surface area contributed by atoms with Crippen molar-refractivity contribution >= 4 is 11.9 Å². The molecule has 0 radical (unpaired) electrons. The number of primary amides is 1. The van der Waals surface area contributed by atoms with Gasteiger partial charge in [0.25, 0.3) is 0 Å². The van der Waals surface area contributed by atoms with Crippen molar-refractivity contribution in [3.8, 4) is 11.3 Å². The first-order valence-electron chi connectivity index (χ1n) is 9.93. The van der Waals surface area contributed by atoms with Gasteiger partial charge in [0.1, 0.15) is 6.04 Å². The zero-order valence-electron chi connectivity index (χ0n) is 17.2. The number of urea groups is 1. The predicted molar refractivity (Wildman–Crippen MR) is 116 cm³/mol. The SMILES string of the molecule is CC(C)[C@@H](NC(N)=O)C(=O)NCc1cn(Cc2ccccc2)nc1-c1ccccc1. The van der Waals surface area contributed by atoms with Gasteiger partial charge in [-0.25, -0.2) is 4.79 Å². The van der Waals surface area contributed by atoms with E-state index >= 15 is 0 Å². The molecule has 1 heterocycles. The Morgan fingerprint density at radius 3 is 2.27 bits per heavy atom. The Morgan fingerprint density at radius 1 is 1.03 bits per heavy atom. The van der Waals surface area contributed by atoms with Crippen LogP contribution in [-0.4, -0.2) is 27.8 Å². The fraction of sp³-hybridized carbons (Fsp3) is 0.261. The number of hydrogen-bond acceptors (Lipinski definition) is 3. The molecule has 0 fully saturated rings. The molecule has 3 amide bonds. The average Bonchev–Trinajstić information content (AvgIpc) is 3.14. The molecule has 156 valence electrons. The lowest BCUT2D eigenvalue weighted by molar-refractivity contribution is -0.124.